The second-order valence-electron chi connectivity index (χ2n) is 5.06. The van der Waals surface area contributed by atoms with Crippen LogP contribution in [0.15, 0.2) is 48.4 Å². The highest BCUT2D eigenvalue weighted by atomic mass is 32.1. The summed E-state index contributed by atoms with van der Waals surface area (Å²) in [5.74, 6) is -1.49. The number of anilines is 2. The van der Waals surface area contributed by atoms with Crippen molar-refractivity contribution in [2.75, 3.05) is 17.2 Å². The van der Waals surface area contributed by atoms with E-state index in [1.54, 1.807) is 36.4 Å². The van der Waals surface area contributed by atoms with Crippen molar-refractivity contribution in [2.24, 2.45) is 0 Å². The molecule has 26 heavy (non-hydrogen) atoms. The molecule has 1 heterocycles. The molecule has 136 valence electrons. The van der Waals surface area contributed by atoms with Crippen LogP contribution in [0.2, 0.25) is 0 Å². The molecule has 0 aliphatic heterocycles. The normalized spacial score (nSPS) is 11.1. The lowest BCUT2D eigenvalue weighted by atomic mass is 10.3. The van der Waals surface area contributed by atoms with Gasteiger partial charge < -0.3 is 15.4 Å². The van der Waals surface area contributed by atoms with Crippen molar-refractivity contribution in [3.05, 3.63) is 54.1 Å². The molecule has 0 saturated heterocycles. The topological polar surface area (TPSA) is 109 Å². The van der Waals surface area contributed by atoms with E-state index in [4.69, 9.17) is 4.74 Å². The van der Waals surface area contributed by atoms with Gasteiger partial charge >= 0.3 is 12.0 Å². The number of nitrogens with zero attached hydrogens (tertiary/aromatic N) is 1. The van der Waals surface area contributed by atoms with Crippen LogP contribution in [-0.4, -0.2) is 35.5 Å². The third-order valence-corrected chi connectivity index (χ3v) is 3.83. The number of para-hydroxylation sites is 1. The number of thiazole rings is 1. The maximum absolute atomic E-state index is 12.0. The van der Waals surface area contributed by atoms with Gasteiger partial charge in [0.15, 0.2) is 16.9 Å². The van der Waals surface area contributed by atoms with E-state index in [9.17, 15) is 14.4 Å². The largest absolute Gasteiger partial charge is 0.448 e. The SMILES string of the molecule is C=CCNc1nc(C(=O)O[C@@H](C)C(=O)NC(=O)Nc2ccccc2)cs1. The third-order valence-electron chi connectivity index (χ3n) is 3.03. The Kier molecular flexibility index (Phi) is 6.86. The predicted molar refractivity (Wildman–Crippen MR) is 99.3 cm³/mol. The Morgan fingerprint density at radius 1 is 1.31 bits per heavy atom. The Hall–Kier alpha value is -3.20. The maximum atomic E-state index is 12.0. The Labute approximate surface area is 154 Å². The van der Waals surface area contributed by atoms with Gasteiger partial charge in [-0.1, -0.05) is 24.3 Å². The van der Waals surface area contributed by atoms with Crippen LogP contribution in [-0.2, 0) is 9.53 Å². The minimum atomic E-state index is -1.16. The summed E-state index contributed by atoms with van der Waals surface area (Å²) in [6.07, 6.45) is 0.502. The number of imide groups is 1. The van der Waals surface area contributed by atoms with Gasteiger partial charge in [-0.15, -0.1) is 17.9 Å². The number of esters is 1. The van der Waals surface area contributed by atoms with Crippen molar-refractivity contribution < 1.29 is 19.1 Å². The molecule has 0 unspecified atom stereocenters. The summed E-state index contributed by atoms with van der Waals surface area (Å²) in [5, 5.41) is 9.60. The fourth-order valence-corrected chi connectivity index (χ4v) is 2.47. The molecule has 0 saturated carbocycles. The standard InChI is InChI=1S/C17H18N4O4S/c1-3-9-18-17-20-13(10-26-17)15(23)25-11(2)14(22)21-16(24)19-12-7-5-4-6-8-12/h3-8,10-11H,1,9H2,2H3,(H,18,20)(H2,19,21,22,24)/t11-/m0/s1. The molecule has 0 fully saturated rings. The molecule has 0 aliphatic rings. The van der Waals surface area contributed by atoms with Crippen molar-refractivity contribution >= 4 is 40.1 Å². The molecule has 1 aromatic heterocycles. The first kappa shape index (κ1) is 19.1. The monoisotopic (exact) mass is 374 g/mol. The zero-order chi connectivity index (χ0) is 18.9. The Morgan fingerprint density at radius 3 is 2.73 bits per heavy atom. The molecule has 0 spiro atoms. The molecule has 2 rings (SSSR count). The molecule has 8 nitrogen and oxygen atoms in total. The van der Waals surface area contributed by atoms with Gasteiger partial charge in [0.1, 0.15) is 0 Å². The van der Waals surface area contributed by atoms with Crippen LogP contribution in [0, 0.1) is 0 Å². The van der Waals surface area contributed by atoms with Crippen LogP contribution in [0.1, 0.15) is 17.4 Å². The third kappa shape index (κ3) is 5.71. The van der Waals surface area contributed by atoms with E-state index in [-0.39, 0.29) is 5.69 Å². The average molecular weight is 374 g/mol. The van der Waals surface area contributed by atoms with E-state index in [0.29, 0.717) is 17.4 Å². The van der Waals surface area contributed by atoms with Crippen molar-refractivity contribution in [2.45, 2.75) is 13.0 Å². The molecule has 0 aliphatic carbocycles. The molecule has 2 aromatic rings. The lowest BCUT2D eigenvalue weighted by Crippen LogP contribution is -2.41. The number of benzene rings is 1. The molecular weight excluding hydrogens is 356 g/mol. The molecule has 3 N–H and O–H groups in total. The summed E-state index contributed by atoms with van der Waals surface area (Å²) in [5.41, 5.74) is 0.611. The van der Waals surface area contributed by atoms with Crippen LogP contribution in [0.3, 0.4) is 0 Å². The first-order chi connectivity index (χ1) is 12.5. The summed E-state index contributed by atoms with van der Waals surface area (Å²) in [6.45, 7) is 5.45. The number of amides is 3. The van der Waals surface area contributed by atoms with Gasteiger partial charge in [-0.05, 0) is 19.1 Å². The fourth-order valence-electron chi connectivity index (χ4n) is 1.78. The van der Waals surface area contributed by atoms with Gasteiger partial charge in [-0.2, -0.15) is 0 Å². The van der Waals surface area contributed by atoms with Gasteiger partial charge in [-0.25, -0.2) is 14.6 Å². The number of ether oxygens (including phenoxy) is 1. The smallest absolute Gasteiger partial charge is 0.358 e. The van der Waals surface area contributed by atoms with Crippen molar-refractivity contribution in [1.29, 1.82) is 0 Å². The highest BCUT2D eigenvalue weighted by Crippen LogP contribution is 2.16. The zero-order valence-electron chi connectivity index (χ0n) is 14.0. The lowest BCUT2D eigenvalue weighted by molar-refractivity contribution is -0.127. The molecular formula is C17H18N4O4S. The van der Waals surface area contributed by atoms with Gasteiger partial charge in [0.2, 0.25) is 0 Å². The number of carbonyl (C=O) groups is 3. The quantitative estimate of drug-likeness (QED) is 0.508. The van der Waals surface area contributed by atoms with Crippen LogP contribution in [0.4, 0.5) is 15.6 Å². The van der Waals surface area contributed by atoms with E-state index in [2.05, 4.69) is 27.5 Å². The van der Waals surface area contributed by atoms with Crippen molar-refractivity contribution in [3.63, 3.8) is 0 Å². The molecule has 1 aromatic carbocycles. The second kappa shape index (κ2) is 9.33. The second-order valence-corrected chi connectivity index (χ2v) is 5.92. The Morgan fingerprint density at radius 2 is 2.04 bits per heavy atom. The molecule has 3 amide bonds. The van der Waals surface area contributed by atoms with E-state index >= 15 is 0 Å². The van der Waals surface area contributed by atoms with Gasteiger partial charge in [-0.3, -0.25) is 10.1 Å². The molecule has 0 bridgehead atoms. The van der Waals surface area contributed by atoms with Crippen molar-refractivity contribution in [1.82, 2.24) is 10.3 Å². The highest BCUT2D eigenvalue weighted by Gasteiger charge is 2.22. The van der Waals surface area contributed by atoms with Crippen LogP contribution in [0.5, 0.6) is 0 Å². The minimum absolute atomic E-state index is 0.0787. The number of rotatable bonds is 7. The predicted octanol–water partition coefficient (Wildman–Crippen LogP) is 2.63. The van der Waals surface area contributed by atoms with Gasteiger partial charge in [0, 0.05) is 17.6 Å². The molecule has 0 radical (unpaired) electrons. The number of hydrogen-bond donors (Lipinski definition) is 3. The van der Waals surface area contributed by atoms with Crippen LogP contribution >= 0.6 is 11.3 Å². The average Bonchev–Trinajstić information content (AvgIpc) is 3.09. The van der Waals surface area contributed by atoms with Crippen LogP contribution in [0.25, 0.3) is 0 Å². The minimum Gasteiger partial charge on any atom is -0.448 e. The van der Waals surface area contributed by atoms with Crippen LogP contribution < -0.4 is 16.0 Å². The maximum Gasteiger partial charge on any atom is 0.358 e. The molecule has 1 atom stereocenters. The summed E-state index contributed by atoms with van der Waals surface area (Å²) >= 11 is 1.23. The van der Waals surface area contributed by atoms with E-state index < -0.39 is 24.0 Å². The van der Waals surface area contributed by atoms with Gasteiger partial charge in [0.25, 0.3) is 5.91 Å². The zero-order valence-corrected chi connectivity index (χ0v) is 14.8. The van der Waals surface area contributed by atoms with E-state index in [1.807, 2.05) is 0 Å². The summed E-state index contributed by atoms with van der Waals surface area (Å²) in [7, 11) is 0. The fraction of sp³-hybridized carbons (Fsp3) is 0.176. The highest BCUT2D eigenvalue weighted by molar-refractivity contribution is 7.13. The van der Waals surface area contributed by atoms with Crippen molar-refractivity contribution in [3.8, 4) is 0 Å². The number of urea groups is 1. The first-order valence-electron chi connectivity index (χ1n) is 7.67. The number of hydrogen-bond acceptors (Lipinski definition) is 7. The summed E-state index contributed by atoms with van der Waals surface area (Å²) < 4.78 is 5.03. The van der Waals surface area contributed by atoms with E-state index in [0.717, 1.165) is 0 Å². The van der Waals surface area contributed by atoms with Gasteiger partial charge in [0.05, 0.1) is 0 Å². The number of nitrogens with one attached hydrogen (secondary N) is 3. The first-order valence-corrected chi connectivity index (χ1v) is 8.55. The molecule has 9 heteroatoms. The summed E-state index contributed by atoms with van der Waals surface area (Å²) in [6, 6.07) is 7.92. The Balaban J connectivity index is 1.83. The number of aromatic nitrogens is 1. The number of carbonyl (C=O) groups excluding carboxylic acids is 3. The lowest BCUT2D eigenvalue weighted by Gasteiger charge is -2.12. The summed E-state index contributed by atoms with van der Waals surface area (Å²) in [4.78, 5) is 39.8. The Bertz CT molecular complexity index is 791. The van der Waals surface area contributed by atoms with E-state index in [1.165, 1.54) is 23.6 Å².